The van der Waals surface area contributed by atoms with Crippen molar-refractivity contribution in [1.82, 2.24) is 5.32 Å². The van der Waals surface area contributed by atoms with Crippen LogP contribution in [0.2, 0.25) is 0 Å². The molecule has 0 aromatic heterocycles. The summed E-state index contributed by atoms with van der Waals surface area (Å²) in [5.74, 6) is 0.573. The molecule has 0 saturated heterocycles. The van der Waals surface area contributed by atoms with E-state index in [1.54, 1.807) is 0 Å². The molecule has 0 aliphatic rings. The summed E-state index contributed by atoms with van der Waals surface area (Å²) < 4.78 is 0. The Balaban J connectivity index is 2.59. The zero-order valence-electron chi connectivity index (χ0n) is 11.4. The standard InChI is InChI=1S/C15H23N3/c1-3-17-12-14(2)13-18(11-7-10-16)15-8-5-4-6-9-15/h4-6,8-9,14,17H,3,7,11-13H2,1-2H3. The first-order valence-corrected chi connectivity index (χ1v) is 6.65. The summed E-state index contributed by atoms with van der Waals surface area (Å²) in [7, 11) is 0. The van der Waals surface area contributed by atoms with Gasteiger partial charge in [-0.15, -0.1) is 0 Å². The second-order valence-electron chi connectivity index (χ2n) is 4.60. The van der Waals surface area contributed by atoms with E-state index in [0.29, 0.717) is 12.3 Å². The third-order valence-electron chi connectivity index (χ3n) is 2.89. The van der Waals surface area contributed by atoms with Gasteiger partial charge in [0.15, 0.2) is 0 Å². The SMILES string of the molecule is CCNCC(C)CN(CCC#N)c1ccccc1. The number of benzene rings is 1. The molecule has 0 aliphatic carbocycles. The van der Waals surface area contributed by atoms with Crippen LogP contribution in [-0.4, -0.2) is 26.2 Å². The maximum atomic E-state index is 8.75. The summed E-state index contributed by atoms with van der Waals surface area (Å²) in [5, 5.41) is 12.1. The molecule has 3 heteroatoms. The van der Waals surface area contributed by atoms with Crippen LogP contribution in [0.5, 0.6) is 0 Å². The van der Waals surface area contributed by atoms with Crippen molar-refractivity contribution in [2.45, 2.75) is 20.3 Å². The minimum atomic E-state index is 0.572. The molecule has 0 amide bonds. The maximum absolute atomic E-state index is 8.75. The van der Waals surface area contributed by atoms with Gasteiger partial charge in [-0.3, -0.25) is 0 Å². The van der Waals surface area contributed by atoms with Crippen molar-refractivity contribution in [2.24, 2.45) is 5.92 Å². The predicted octanol–water partition coefficient (Wildman–Crippen LogP) is 2.65. The third kappa shape index (κ3) is 5.20. The van der Waals surface area contributed by atoms with Crippen LogP contribution < -0.4 is 10.2 Å². The van der Waals surface area contributed by atoms with Crippen LogP contribution >= 0.6 is 0 Å². The quantitative estimate of drug-likeness (QED) is 0.765. The van der Waals surface area contributed by atoms with Crippen molar-refractivity contribution in [3.63, 3.8) is 0 Å². The van der Waals surface area contributed by atoms with Gasteiger partial charge < -0.3 is 10.2 Å². The fourth-order valence-corrected chi connectivity index (χ4v) is 1.98. The highest BCUT2D eigenvalue weighted by Gasteiger charge is 2.10. The topological polar surface area (TPSA) is 39.1 Å². The average molecular weight is 245 g/mol. The van der Waals surface area contributed by atoms with Crippen LogP contribution in [-0.2, 0) is 0 Å². The second kappa shape index (κ2) is 8.54. The van der Waals surface area contributed by atoms with E-state index >= 15 is 0 Å². The summed E-state index contributed by atoms with van der Waals surface area (Å²) in [4.78, 5) is 2.30. The molecule has 1 rings (SSSR count). The van der Waals surface area contributed by atoms with Gasteiger partial charge in [0.2, 0.25) is 0 Å². The molecule has 98 valence electrons. The number of hydrogen-bond donors (Lipinski definition) is 1. The van der Waals surface area contributed by atoms with Crippen LogP contribution in [0.1, 0.15) is 20.3 Å². The molecule has 1 aromatic rings. The van der Waals surface area contributed by atoms with Gasteiger partial charge in [0, 0.05) is 18.8 Å². The molecule has 1 N–H and O–H groups in total. The van der Waals surface area contributed by atoms with Gasteiger partial charge in [-0.1, -0.05) is 32.0 Å². The van der Waals surface area contributed by atoms with Gasteiger partial charge in [0.25, 0.3) is 0 Å². The van der Waals surface area contributed by atoms with E-state index < -0.39 is 0 Å². The average Bonchev–Trinajstić information content (AvgIpc) is 2.42. The Morgan fingerprint density at radius 1 is 1.33 bits per heavy atom. The third-order valence-corrected chi connectivity index (χ3v) is 2.89. The highest BCUT2D eigenvalue weighted by atomic mass is 15.1. The van der Waals surface area contributed by atoms with Gasteiger partial charge in [-0.05, 0) is 31.1 Å². The summed E-state index contributed by atoms with van der Waals surface area (Å²) in [6, 6.07) is 12.6. The minimum Gasteiger partial charge on any atom is -0.370 e. The zero-order valence-corrected chi connectivity index (χ0v) is 11.4. The number of hydrogen-bond acceptors (Lipinski definition) is 3. The molecule has 0 bridgehead atoms. The lowest BCUT2D eigenvalue weighted by atomic mass is 10.1. The van der Waals surface area contributed by atoms with E-state index in [0.717, 1.165) is 26.2 Å². The fourth-order valence-electron chi connectivity index (χ4n) is 1.98. The van der Waals surface area contributed by atoms with E-state index in [9.17, 15) is 0 Å². The number of nitrogens with one attached hydrogen (secondary N) is 1. The minimum absolute atomic E-state index is 0.572. The Labute approximate surface area is 110 Å². The lowest BCUT2D eigenvalue weighted by Gasteiger charge is -2.27. The van der Waals surface area contributed by atoms with Crippen molar-refractivity contribution in [3.05, 3.63) is 30.3 Å². The number of anilines is 1. The molecule has 18 heavy (non-hydrogen) atoms. The maximum Gasteiger partial charge on any atom is 0.0640 e. The molecular formula is C15H23N3. The van der Waals surface area contributed by atoms with Crippen molar-refractivity contribution in [2.75, 3.05) is 31.1 Å². The van der Waals surface area contributed by atoms with Crippen LogP contribution in [0.3, 0.4) is 0 Å². The molecule has 0 fully saturated rings. The van der Waals surface area contributed by atoms with Gasteiger partial charge >= 0.3 is 0 Å². The number of rotatable bonds is 8. The molecular weight excluding hydrogens is 222 g/mol. The molecule has 1 atom stereocenters. The molecule has 3 nitrogen and oxygen atoms in total. The molecule has 0 radical (unpaired) electrons. The summed E-state index contributed by atoms with van der Waals surface area (Å²) in [6.45, 7) is 8.18. The number of nitriles is 1. The smallest absolute Gasteiger partial charge is 0.0640 e. The Morgan fingerprint density at radius 3 is 2.67 bits per heavy atom. The lowest BCUT2D eigenvalue weighted by molar-refractivity contribution is 0.513. The van der Waals surface area contributed by atoms with E-state index in [2.05, 4.69) is 42.3 Å². The molecule has 0 aliphatic heterocycles. The summed E-state index contributed by atoms with van der Waals surface area (Å²) in [6.07, 6.45) is 0.572. The van der Waals surface area contributed by atoms with E-state index in [1.165, 1.54) is 5.69 Å². The Kier molecular flexibility index (Phi) is 6.90. The highest BCUT2D eigenvalue weighted by molar-refractivity contribution is 5.46. The van der Waals surface area contributed by atoms with Crippen LogP contribution in [0.4, 0.5) is 5.69 Å². The fraction of sp³-hybridized carbons (Fsp3) is 0.533. The van der Waals surface area contributed by atoms with Gasteiger partial charge in [0.1, 0.15) is 0 Å². The summed E-state index contributed by atoms with van der Waals surface area (Å²) in [5.41, 5.74) is 1.20. The monoisotopic (exact) mass is 245 g/mol. The Bertz CT molecular complexity index is 356. The number of nitrogens with zero attached hydrogens (tertiary/aromatic N) is 2. The Morgan fingerprint density at radius 2 is 2.06 bits per heavy atom. The van der Waals surface area contributed by atoms with Crippen molar-refractivity contribution in [3.8, 4) is 6.07 Å². The van der Waals surface area contributed by atoms with E-state index in [1.807, 2.05) is 18.2 Å². The first kappa shape index (κ1) is 14.5. The van der Waals surface area contributed by atoms with Crippen LogP contribution in [0, 0.1) is 17.2 Å². The first-order valence-electron chi connectivity index (χ1n) is 6.65. The van der Waals surface area contributed by atoms with Crippen LogP contribution in [0.25, 0.3) is 0 Å². The first-order chi connectivity index (χ1) is 8.77. The zero-order chi connectivity index (χ0) is 13.2. The molecule has 0 saturated carbocycles. The van der Waals surface area contributed by atoms with E-state index in [4.69, 9.17) is 5.26 Å². The van der Waals surface area contributed by atoms with Gasteiger partial charge in [-0.25, -0.2) is 0 Å². The van der Waals surface area contributed by atoms with Crippen molar-refractivity contribution >= 4 is 5.69 Å². The van der Waals surface area contributed by atoms with Gasteiger partial charge in [0.05, 0.1) is 12.5 Å². The van der Waals surface area contributed by atoms with Crippen molar-refractivity contribution in [1.29, 1.82) is 5.26 Å². The molecule has 1 aromatic carbocycles. The Hall–Kier alpha value is -1.53. The van der Waals surface area contributed by atoms with Gasteiger partial charge in [-0.2, -0.15) is 5.26 Å². The predicted molar refractivity (Wildman–Crippen MR) is 76.6 cm³/mol. The largest absolute Gasteiger partial charge is 0.370 e. The second-order valence-corrected chi connectivity index (χ2v) is 4.60. The lowest BCUT2D eigenvalue weighted by Crippen LogP contribution is -2.34. The number of para-hydroxylation sites is 1. The normalized spacial score (nSPS) is 11.8. The molecule has 0 spiro atoms. The van der Waals surface area contributed by atoms with E-state index in [-0.39, 0.29) is 0 Å². The summed E-state index contributed by atoms with van der Waals surface area (Å²) >= 11 is 0. The highest BCUT2D eigenvalue weighted by Crippen LogP contribution is 2.15. The molecule has 0 heterocycles. The molecule has 1 unspecified atom stereocenters. The van der Waals surface area contributed by atoms with Crippen LogP contribution in [0.15, 0.2) is 30.3 Å². The van der Waals surface area contributed by atoms with Crippen molar-refractivity contribution < 1.29 is 0 Å².